The predicted octanol–water partition coefficient (Wildman–Crippen LogP) is 1.16. The molecule has 1 aromatic carbocycles. The number of carbonyl (C=O) groups excluding carboxylic acids is 2. The quantitative estimate of drug-likeness (QED) is 0.806. The summed E-state index contributed by atoms with van der Waals surface area (Å²) in [6, 6.07) is 7.01. The summed E-state index contributed by atoms with van der Waals surface area (Å²) in [6.45, 7) is 0. The first-order valence-electron chi connectivity index (χ1n) is 5.30. The molecule has 5 nitrogen and oxygen atoms in total. The van der Waals surface area contributed by atoms with Gasteiger partial charge in [-0.25, -0.2) is 0 Å². The average molecular weight is 236 g/mol. The van der Waals surface area contributed by atoms with Gasteiger partial charge in [-0.05, 0) is 24.3 Å². The van der Waals surface area contributed by atoms with Crippen molar-refractivity contribution in [2.45, 2.75) is 12.8 Å². The zero-order chi connectivity index (χ0) is 12.7. The van der Waals surface area contributed by atoms with Gasteiger partial charge in [0.15, 0.2) is 0 Å². The van der Waals surface area contributed by atoms with Gasteiger partial charge in [-0.1, -0.05) is 0 Å². The highest BCUT2D eigenvalue weighted by molar-refractivity contribution is 5.93. The van der Waals surface area contributed by atoms with E-state index in [2.05, 4.69) is 10.6 Å². The number of rotatable bonds is 5. The SMILES string of the molecule is CNC(=O)CCC(=O)Nc1ccc(OC)cc1. The summed E-state index contributed by atoms with van der Waals surface area (Å²) in [5, 5.41) is 5.16. The fourth-order valence-corrected chi connectivity index (χ4v) is 1.25. The van der Waals surface area contributed by atoms with Crippen LogP contribution in [0.15, 0.2) is 24.3 Å². The number of benzene rings is 1. The molecule has 1 aromatic rings. The average Bonchev–Trinajstić information content (AvgIpc) is 2.36. The van der Waals surface area contributed by atoms with E-state index >= 15 is 0 Å². The lowest BCUT2D eigenvalue weighted by Gasteiger charge is -2.05. The Morgan fingerprint density at radius 2 is 1.71 bits per heavy atom. The van der Waals surface area contributed by atoms with E-state index in [4.69, 9.17) is 4.74 Å². The second kappa shape index (κ2) is 6.52. The summed E-state index contributed by atoms with van der Waals surface area (Å²) in [6.07, 6.45) is 0.365. The molecule has 0 heterocycles. The molecule has 0 fully saturated rings. The van der Waals surface area contributed by atoms with Crippen LogP contribution in [0.3, 0.4) is 0 Å². The largest absolute Gasteiger partial charge is 0.497 e. The smallest absolute Gasteiger partial charge is 0.224 e. The molecule has 1 rings (SSSR count). The van der Waals surface area contributed by atoms with Gasteiger partial charge in [0.2, 0.25) is 11.8 Å². The Morgan fingerprint density at radius 3 is 2.24 bits per heavy atom. The van der Waals surface area contributed by atoms with E-state index in [-0.39, 0.29) is 24.7 Å². The van der Waals surface area contributed by atoms with Gasteiger partial charge >= 0.3 is 0 Å². The van der Waals surface area contributed by atoms with Crippen LogP contribution in [0.5, 0.6) is 5.75 Å². The van der Waals surface area contributed by atoms with Gasteiger partial charge < -0.3 is 15.4 Å². The Morgan fingerprint density at radius 1 is 1.12 bits per heavy atom. The molecule has 0 aliphatic carbocycles. The molecule has 2 N–H and O–H groups in total. The van der Waals surface area contributed by atoms with Crippen molar-refractivity contribution in [1.29, 1.82) is 0 Å². The first-order valence-corrected chi connectivity index (χ1v) is 5.30. The number of ether oxygens (including phenoxy) is 1. The molecule has 5 heteroatoms. The van der Waals surface area contributed by atoms with Gasteiger partial charge in [-0.3, -0.25) is 9.59 Å². The third-order valence-corrected chi connectivity index (χ3v) is 2.23. The van der Waals surface area contributed by atoms with Crippen LogP contribution in [-0.2, 0) is 9.59 Å². The first-order chi connectivity index (χ1) is 8.15. The molecule has 0 bridgehead atoms. The van der Waals surface area contributed by atoms with Crippen molar-refractivity contribution in [3.63, 3.8) is 0 Å². The number of amides is 2. The second-order valence-electron chi connectivity index (χ2n) is 3.45. The molecule has 0 atom stereocenters. The van der Waals surface area contributed by atoms with Crippen molar-refractivity contribution >= 4 is 17.5 Å². The molecule has 2 amide bonds. The molecule has 0 spiro atoms. The van der Waals surface area contributed by atoms with Crippen LogP contribution in [-0.4, -0.2) is 26.0 Å². The van der Waals surface area contributed by atoms with Gasteiger partial charge in [0.05, 0.1) is 7.11 Å². The molecule has 92 valence electrons. The summed E-state index contributed by atoms with van der Waals surface area (Å²) in [4.78, 5) is 22.4. The van der Waals surface area contributed by atoms with E-state index in [1.54, 1.807) is 38.4 Å². The zero-order valence-electron chi connectivity index (χ0n) is 9.95. The summed E-state index contributed by atoms with van der Waals surface area (Å²) < 4.78 is 5.00. The Kier molecular flexibility index (Phi) is 5.00. The number of hydrogen-bond donors (Lipinski definition) is 2. The Bertz CT molecular complexity index is 387. The minimum absolute atomic E-state index is 0.144. The highest BCUT2D eigenvalue weighted by Gasteiger charge is 2.05. The van der Waals surface area contributed by atoms with E-state index < -0.39 is 0 Å². The Hall–Kier alpha value is -2.04. The third kappa shape index (κ3) is 4.55. The van der Waals surface area contributed by atoms with E-state index in [0.29, 0.717) is 5.69 Å². The molecule has 0 aliphatic rings. The molecule has 0 radical (unpaired) electrons. The maximum atomic E-state index is 11.5. The van der Waals surface area contributed by atoms with Crippen molar-refractivity contribution in [2.24, 2.45) is 0 Å². The van der Waals surface area contributed by atoms with Crippen molar-refractivity contribution < 1.29 is 14.3 Å². The molecule has 0 unspecified atom stereocenters. The molecule has 0 saturated carbocycles. The van der Waals surface area contributed by atoms with Crippen molar-refractivity contribution in [1.82, 2.24) is 5.32 Å². The lowest BCUT2D eigenvalue weighted by Crippen LogP contribution is -2.20. The van der Waals surface area contributed by atoms with Crippen molar-refractivity contribution in [3.05, 3.63) is 24.3 Å². The van der Waals surface area contributed by atoms with Gasteiger partial charge in [0.1, 0.15) is 5.75 Å². The van der Waals surface area contributed by atoms with Crippen LogP contribution in [0, 0.1) is 0 Å². The monoisotopic (exact) mass is 236 g/mol. The molecule has 0 saturated heterocycles. The van der Waals surface area contributed by atoms with Crippen molar-refractivity contribution in [3.8, 4) is 5.75 Å². The lowest BCUT2D eigenvalue weighted by molar-refractivity contribution is -0.124. The van der Waals surface area contributed by atoms with Crippen LogP contribution in [0.25, 0.3) is 0 Å². The number of methoxy groups -OCH3 is 1. The summed E-state index contributed by atoms with van der Waals surface area (Å²) >= 11 is 0. The van der Waals surface area contributed by atoms with Crippen LogP contribution < -0.4 is 15.4 Å². The highest BCUT2D eigenvalue weighted by Crippen LogP contribution is 2.15. The summed E-state index contributed by atoms with van der Waals surface area (Å²) in [5.41, 5.74) is 0.688. The van der Waals surface area contributed by atoms with E-state index in [1.807, 2.05) is 0 Å². The number of anilines is 1. The van der Waals surface area contributed by atoms with Crippen molar-refractivity contribution in [2.75, 3.05) is 19.5 Å². The molecular weight excluding hydrogens is 220 g/mol. The van der Waals surface area contributed by atoms with Gasteiger partial charge in [-0.15, -0.1) is 0 Å². The molecule has 0 aliphatic heterocycles. The third-order valence-electron chi connectivity index (χ3n) is 2.23. The predicted molar refractivity (Wildman–Crippen MR) is 64.9 cm³/mol. The highest BCUT2D eigenvalue weighted by atomic mass is 16.5. The van der Waals surface area contributed by atoms with Gasteiger partial charge in [0, 0.05) is 25.6 Å². The number of hydrogen-bond acceptors (Lipinski definition) is 3. The Balaban J connectivity index is 2.42. The maximum Gasteiger partial charge on any atom is 0.224 e. The number of nitrogens with one attached hydrogen (secondary N) is 2. The summed E-state index contributed by atoms with van der Waals surface area (Å²) in [7, 11) is 3.13. The Labute approximate surface area is 100 Å². The minimum Gasteiger partial charge on any atom is -0.497 e. The normalized spacial score (nSPS) is 9.53. The molecule has 0 aromatic heterocycles. The topological polar surface area (TPSA) is 67.4 Å². The minimum atomic E-state index is -0.182. The first kappa shape index (κ1) is 13.0. The van der Waals surface area contributed by atoms with E-state index in [0.717, 1.165) is 5.75 Å². The van der Waals surface area contributed by atoms with E-state index in [9.17, 15) is 9.59 Å². The molecular formula is C12H16N2O3. The standard InChI is InChI=1S/C12H16N2O3/c1-13-11(15)7-8-12(16)14-9-3-5-10(17-2)6-4-9/h3-6H,7-8H2,1-2H3,(H,13,15)(H,14,16). The fourth-order valence-electron chi connectivity index (χ4n) is 1.25. The van der Waals surface area contributed by atoms with Crippen LogP contribution >= 0.6 is 0 Å². The van der Waals surface area contributed by atoms with Crippen LogP contribution in [0.1, 0.15) is 12.8 Å². The van der Waals surface area contributed by atoms with Gasteiger partial charge in [0.25, 0.3) is 0 Å². The fraction of sp³-hybridized carbons (Fsp3) is 0.333. The summed E-state index contributed by atoms with van der Waals surface area (Å²) in [5.74, 6) is 0.405. The van der Waals surface area contributed by atoms with Crippen LogP contribution in [0.4, 0.5) is 5.69 Å². The van der Waals surface area contributed by atoms with Gasteiger partial charge in [-0.2, -0.15) is 0 Å². The zero-order valence-corrected chi connectivity index (χ0v) is 9.95. The number of carbonyl (C=O) groups is 2. The maximum absolute atomic E-state index is 11.5. The van der Waals surface area contributed by atoms with Crippen LogP contribution in [0.2, 0.25) is 0 Å². The lowest BCUT2D eigenvalue weighted by atomic mass is 10.2. The second-order valence-corrected chi connectivity index (χ2v) is 3.45. The van der Waals surface area contributed by atoms with E-state index in [1.165, 1.54) is 0 Å². The molecule has 17 heavy (non-hydrogen) atoms.